The van der Waals surface area contributed by atoms with Crippen LogP contribution in [0.25, 0.3) is 0 Å². The Kier molecular flexibility index (Phi) is 3.27. The van der Waals surface area contributed by atoms with E-state index in [1.807, 2.05) is 61.7 Å². The lowest BCUT2D eigenvalue weighted by Crippen LogP contribution is -2.65. The van der Waals surface area contributed by atoms with E-state index < -0.39 is 5.72 Å². The number of nitrogens with zero attached hydrogens (tertiary/aromatic N) is 1. The fourth-order valence-electron chi connectivity index (χ4n) is 3.46. The summed E-state index contributed by atoms with van der Waals surface area (Å²) in [6, 6.07) is 15.8. The van der Waals surface area contributed by atoms with Gasteiger partial charge in [-0.25, -0.2) is 4.79 Å². The van der Waals surface area contributed by atoms with Crippen LogP contribution < -0.4 is 15.0 Å². The Morgan fingerprint density at radius 2 is 2.09 bits per heavy atom. The maximum absolute atomic E-state index is 12.8. The molecule has 2 aliphatic rings. The van der Waals surface area contributed by atoms with Crippen LogP contribution in [-0.2, 0) is 0 Å². The van der Waals surface area contributed by atoms with Crippen molar-refractivity contribution in [2.45, 2.75) is 30.0 Å². The summed E-state index contributed by atoms with van der Waals surface area (Å²) in [7, 11) is 0. The van der Waals surface area contributed by atoms with Crippen molar-refractivity contribution in [1.29, 1.82) is 0 Å². The van der Waals surface area contributed by atoms with Crippen molar-refractivity contribution in [2.75, 3.05) is 11.2 Å². The Balaban J connectivity index is 1.79. The smallest absolute Gasteiger partial charge is 0.325 e. The molecule has 2 aromatic rings. The van der Waals surface area contributed by atoms with Gasteiger partial charge in [0.25, 0.3) is 0 Å². The molecular weight excluding hydrogens is 308 g/mol. The molecule has 2 aliphatic heterocycles. The molecule has 0 radical (unpaired) electrons. The number of ether oxygens (including phenoxy) is 1. The van der Waals surface area contributed by atoms with E-state index in [1.54, 1.807) is 16.7 Å². The highest BCUT2D eigenvalue weighted by Crippen LogP contribution is 2.45. The average molecular weight is 326 g/mol. The SMILES string of the molecule is CSc1cccc(N2C(=O)N[C@@H]3C[C@@]2(C)Oc2ccccc23)c1. The molecule has 2 heterocycles. The van der Waals surface area contributed by atoms with Crippen molar-refractivity contribution < 1.29 is 9.53 Å². The number of rotatable bonds is 2. The van der Waals surface area contributed by atoms with Crippen molar-refractivity contribution in [2.24, 2.45) is 0 Å². The molecular formula is C18H18N2O2S. The first-order valence-electron chi connectivity index (χ1n) is 7.63. The quantitative estimate of drug-likeness (QED) is 0.842. The maximum Gasteiger partial charge on any atom is 0.325 e. The zero-order valence-electron chi connectivity index (χ0n) is 13.1. The molecule has 0 saturated carbocycles. The molecule has 0 aromatic heterocycles. The first-order chi connectivity index (χ1) is 11.1. The minimum Gasteiger partial charge on any atom is -0.467 e. The van der Waals surface area contributed by atoms with Crippen LogP contribution in [0.5, 0.6) is 5.75 Å². The van der Waals surface area contributed by atoms with E-state index in [1.165, 1.54) is 0 Å². The van der Waals surface area contributed by atoms with Crippen molar-refractivity contribution in [3.63, 3.8) is 0 Å². The summed E-state index contributed by atoms with van der Waals surface area (Å²) >= 11 is 1.66. The molecule has 1 fully saturated rings. The van der Waals surface area contributed by atoms with Gasteiger partial charge in [0.05, 0.1) is 11.7 Å². The van der Waals surface area contributed by atoms with Crippen molar-refractivity contribution in [3.8, 4) is 5.75 Å². The number of hydrogen-bond donors (Lipinski definition) is 1. The van der Waals surface area contributed by atoms with Gasteiger partial charge in [-0.3, -0.25) is 4.90 Å². The van der Waals surface area contributed by atoms with Crippen LogP contribution in [0.3, 0.4) is 0 Å². The number of carbonyl (C=O) groups excluding carboxylic acids is 1. The average Bonchev–Trinajstić information content (AvgIpc) is 2.54. The number of nitrogens with one attached hydrogen (secondary N) is 1. The second kappa shape index (κ2) is 5.20. The summed E-state index contributed by atoms with van der Waals surface area (Å²) in [6.45, 7) is 1.99. The second-order valence-corrected chi connectivity index (χ2v) is 6.94. The summed E-state index contributed by atoms with van der Waals surface area (Å²) in [6.07, 6.45) is 2.75. The predicted molar refractivity (Wildman–Crippen MR) is 92.1 cm³/mol. The van der Waals surface area contributed by atoms with Gasteiger partial charge in [0, 0.05) is 16.9 Å². The lowest BCUT2D eigenvalue weighted by atomic mass is 9.90. The molecule has 2 amide bonds. The topological polar surface area (TPSA) is 41.6 Å². The Morgan fingerprint density at radius 3 is 2.91 bits per heavy atom. The Hall–Kier alpha value is -2.14. The number of amides is 2. The number of benzene rings is 2. The van der Waals surface area contributed by atoms with Gasteiger partial charge in [-0.15, -0.1) is 11.8 Å². The molecule has 118 valence electrons. The number of para-hydroxylation sites is 1. The zero-order valence-corrected chi connectivity index (χ0v) is 13.9. The Labute approximate surface area is 139 Å². The third kappa shape index (κ3) is 2.27. The van der Waals surface area contributed by atoms with Gasteiger partial charge >= 0.3 is 6.03 Å². The van der Waals surface area contributed by atoms with Crippen LogP contribution in [-0.4, -0.2) is 18.0 Å². The van der Waals surface area contributed by atoms with E-state index in [0.29, 0.717) is 0 Å². The van der Waals surface area contributed by atoms with E-state index >= 15 is 0 Å². The maximum atomic E-state index is 12.8. The van der Waals surface area contributed by atoms with Crippen molar-refractivity contribution in [1.82, 2.24) is 5.32 Å². The molecule has 2 aromatic carbocycles. The highest BCUT2D eigenvalue weighted by atomic mass is 32.2. The monoisotopic (exact) mass is 326 g/mol. The van der Waals surface area contributed by atoms with Crippen molar-refractivity contribution >= 4 is 23.5 Å². The standard InChI is InChI=1S/C18H18N2O2S/c1-18-11-15(14-8-3-4-9-16(14)22-18)19-17(21)20(18)12-6-5-7-13(10-12)23-2/h3-10,15H,11H2,1-2H3,(H,19,21)/t15-,18-/m1/s1. The highest BCUT2D eigenvalue weighted by molar-refractivity contribution is 7.98. The summed E-state index contributed by atoms with van der Waals surface area (Å²) in [5.41, 5.74) is 1.23. The van der Waals surface area contributed by atoms with Crippen LogP contribution >= 0.6 is 11.8 Å². The van der Waals surface area contributed by atoms with Gasteiger partial charge in [-0.05, 0) is 37.4 Å². The van der Waals surface area contributed by atoms with Gasteiger partial charge in [0.1, 0.15) is 5.75 Å². The second-order valence-electron chi connectivity index (χ2n) is 6.06. The van der Waals surface area contributed by atoms with Crippen LogP contribution in [0.4, 0.5) is 10.5 Å². The molecule has 0 unspecified atom stereocenters. The largest absolute Gasteiger partial charge is 0.467 e. The van der Waals surface area contributed by atoms with Crippen molar-refractivity contribution in [3.05, 3.63) is 54.1 Å². The number of urea groups is 1. The van der Waals surface area contributed by atoms with Crippen LogP contribution in [0, 0.1) is 0 Å². The normalized spacial score (nSPS) is 25.4. The van der Waals surface area contributed by atoms with Gasteiger partial charge in [-0.1, -0.05) is 24.3 Å². The van der Waals surface area contributed by atoms with Gasteiger partial charge in [0.15, 0.2) is 5.72 Å². The molecule has 23 heavy (non-hydrogen) atoms. The van der Waals surface area contributed by atoms with Crippen LogP contribution in [0.15, 0.2) is 53.4 Å². The predicted octanol–water partition coefficient (Wildman–Crippen LogP) is 4.18. The van der Waals surface area contributed by atoms with E-state index in [-0.39, 0.29) is 12.1 Å². The van der Waals surface area contributed by atoms with E-state index in [9.17, 15) is 4.79 Å². The zero-order chi connectivity index (χ0) is 16.0. The summed E-state index contributed by atoms with van der Waals surface area (Å²) < 4.78 is 6.26. The van der Waals surface area contributed by atoms with Gasteiger partial charge in [0.2, 0.25) is 0 Å². The third-order valence-corrected chi connectivity index (χ3v) is 5.22. The third-order valence-electron chi connectivity index (χ3n) is 4.49. The minimum atomic E-state index is -0.682. The molecule has 0 aliphatic carbocycles. The number of thioether (sulfide) groups is 1. The fraction of sp³-hybridized carbons (Fsp3) is 0.278. The highest BCUT2D eigenvalue weighted by Gasteiger charge is 2.49. The Morgan fingerprint density at radius 1 is 1.26 bits per heavy atom. The van der Waals surface area contributed by atoms with E-state index in [2.05, 4.69) is 5.32 Å². The number of anilines is 1. The first-order valence-corrected chi connectivity index (χ1v) is 8.86. The fourth-order valence-corrected chi connectivity index (χ4v) is 3.92. The van der Waals surface area contributed by atoms with Gasteiger partial charge < -0.3 is 10.1 Å². The summed E-state index contributed by atoms with van der Waals surface area (Å²) in [5, 5.41) is 3.12. The lowest BCUT2D eigenvalue weighted by Gasteiger charge is -2.50. The molecule has 4 rings (SSSR count). The van der Waals surface area contributed by atoms with Gasteiger partial charge in [-0.2, -0.15) is 0 Å². The minimum absolute atomic E-state index is 0.00238. The number of hydrogen-bond acceptors (Lipinski definition) is 3. The Bertz CT molecular complexity index is 779. The molecule has 1 saturated heterocycles. The molecule has 0 spiro atoms. The van der Waals surface area contributed by atoms with Crippen LogP contribution in [0.2, 0.25) is 0 Å². The first kappa shape index (κ1) is 14.5. The molecule has 4 nitrogen and oxygen atoms in total. The molecule has 2 atom stereocenters. The number of fused-ring (bicyclic) bond motifs is 4. The number of carbonyl (C=O) groups is 1. The van der Waals surface area contributed by atoms with E-state index in [4.69, 9.17) is 4.74 Å². The van der Waals surface area contributed by atoms with Crippen LogP contribution in [0.1, 0.15) is 24.9 Å². The molecule has 5 heteroatoms. The summed E-state index contributed by atoms with van der Waals surface area (Å²) in [4.78, 5) is 15.6. The van der Waals surface area contributed by atoms with E-state index in [0.717, 1.165) is 28.3 Å². The summed E-state index contributed by atoms with van der Waals surface area (Å²) in [5.74, 6) is 0.845. The molecule has 1 N–H and O–H groups in total. The lowest BCUT2D eigenvalue weighted by molar-refractivity contribution is 0.0378. The molecule has 2 bridgehead atoms.